The minimum atomic E-state index is -1.10. The number of hydrogen-bond acceptors (Lipinski definition) is 5. The smallest absolute Gasteiger partial charge is 0.407 e. The van der Waals surface area contributed by atoms with E-state index in [2.05, 4.69) is 20.1 Å². The number of hydrogen-bond donors (Lipinski definition) is 1. The molecule has 0 saturated carbocycles. The van der Waals surface area contributed by atoms with Crippen molar-refractivity contribution in [3.63, 3.8) is 0 Å². The summed E-state index contributed by atoms with van der Waals surface area (Å²) in [4.78, 5) is 24.9. The lowest BCUT2D eigenvalue weighted by molar-refractivity contribution is -0.141. The van der Waals surface area contributed by atoms with Gasteiger partial charge >= 0.3 is 12.1 Å². The van der Waals surface area contributed by atoms with Gasteiger partial charge in [-0.3, -0.25) is 4.79 Å². The van der Waals surface area contributed by atoms with E-state index in [0.717, 1.165) is 7.11 Å². The minimum Gasteiger partial charge on any atom is -0.469 e. The van der Waals surface area contributed by atoms with Crippen molar-refractivity contribution in [3.05, 3.63) is 10.4 Å². The summed E-state index contributed by atoms with van der Waals surface area (Å²) >= 11 is 0. The minimum absolute atomic E-state index is 0. The Morgan fingerprint density at radius 2 is 2.00 bits per heavy atom. The van der Waals surface area contributed by atoms with Gasteiger partial charge in [0, 0.05) is 11.5 Å². The summed E-state index contributed by atoms with van der Waals surface area (Å²) in [6.07, 6.45) is -0.695. The highest BCUT2D eigenvalue weighted by molar-refractivity contribution is 5.77. The summed E-state index contributed by atoms with van der Waals surface area (Å²) < 4.78 is 9.34. The normalized spacial score (nSPS) is 11.3. The number of methoxy groups -OCH3 is 1. The van der Waals surface area contributed by atoms with Crippen molar-refractivity contribution in [3.8, 4) is 0 Å². The van der Waals surface area contributed by atoms with E-state index in [1.807, 2.05) is 0 Å². The number of nitrogens with one attached hydrogen (secondary N) is 1. The maximum Gasteiger partial charge on any atom is 0.407 e. The van der Waals surface area contributed by atoms with Gasteiger partial charge in [0.15, 0.2) is 6.04 Å². The molecule has 0 aromatic carbocycles. The first-order valence-electron chi connectivity index (χ1n) is 4.89. The van der Waals surface area contributed by atoms with Crippen LogP contribution in [-0.2, 0) is 14.3 Å². The van der Waals surface area contributed by atoms with Gasteiger partial charge in [-0.25, -0.2) is 4.79 Å². The zero-order valence-electron chi connectivity index (χ0n) is 10.3. The summed E-state index contributed by atoms with van der Waals surface area (Å²) in [7, 11) is 1.16. The molecule has 0 fully saturated rings. The first-order chi connectivity index (χ1) is 7.80. The van der Waals surface area contributed by atoms with Crippen molar-refractivity contribution >= 4 is 12.1 Å². The Balaban J connectivity index is 0. The number of esters is 1. The van der Waals surface area contributed by atoms with Gasteiger partial charge in [-0.15, -0.1) is 0 Å². The average Bonchev–Trinajstić information content (AvgIpc) is 2.20. The molecule has 0 radical (unpaired) electrons. The molecular formula is C10H20N4O4. The number of carbonyl (C=O) groups is 2. The Morgan fingerprint density at radius 3 is 2.39 bits per heavy atom. The fourth-order valence-electron chi connectivity index (χ4n) is 0.864. The molecule has 0 aromatic rings. The van der Waals surface area contributed by atoms with Gasteiger partial charge in [0.05, 0.1) is 7.11 Å². The summed E-state index contributed by atoms with van der Waals surface area (Å²) in [6, 6.07) is -1.10. The number of azide groups is 1. The van der Waals surface area contributed by atoms with E-state index in [-0.39, 0.29) is 14.0 Å². The third-order valence-electron chi connectivity index (χ3n) is 1.50. The second kappa shape index (κ2) is 8.19. The molecule has 8 nitrogen and oxygen atoms in total. The lowest BCUT2D eigenvalue weighted by atomic mass is 10.2. The lowest BCUT2D eigenvalue weighted by Gasteiger charge is -2.20. The molecule has 0 aromatic heterocycles. The van der Waals surface area contributed by atoms with Crippen LogP contribution in [0.2, 0.25) is 0 Å². The van der Waals surface area contributed by atoms with Crippen LogP contribution in [0.4, 0.5) is 4.79 Å². The lowest BCUT2D eigenvalue weighted by Crippen LogP contribution is -2.39. The van der Waals surface area contributed by atoms with Crippen molar-refractivity contribution in [2.75, 3.05) is 13.7 Å². The molecule has 0 saturated heterocycles. The molecule has 0 unspecified atom stereocenters. The van der Waals surface area contributed by atoms with Crippen LogP contribution in [0.1, 0.15) is 28.2 Å². The summed E-state index contributed by atoms with van der Waals surface area (Å²) in [5.74, 6) is -0.723. The molecule has 0 aliphatic carbocycles. The van der Waals surface area contributed by atoms with E-state index in [1.54, 1.807) is 20.8 Å². The van der Waals surface area contributed by atoms with Gasteiger partial charge < -0.3 is 14.8 Å². The molecule has 1 N–H and O–H groups in total. The molecule has 1 atom stereocenters. The zero-order valence-corrected chi connectivity index (χ0v) is 10.3. The number of ether oxygens (including phenoxy) is 2. The molecule has 0 spiro atoms. The molecule has 0 heterocycles. The molecule has 8 heteroatoms. The van der Waals surface area contributed by atoms with Crippen LogP contribution in [0.3, 0.4) is 0 Å². The molecular weight excluding hydrogens is 240 g/mol. The molecule has 1 amide bonds. The van der Waals surface area contributed by atoms with E-state index < -0.39 is 23.7 Å². The van der Waals surface area contributed by atoms with E-state index >= 15 is 0 Å². The zero-order chi connectivity index (χ0) is 13.5. The number of rotatable bonds is 4. The monoisotopic (exact) mass is 260 g/mol. The highest BCUT2D eigenvalue weighted by atomic mass is 16.6. The van der Waals surface area contributed by atoms with Crippen LogP contribution >= 0.6 is 0 Å². The van der Waals surface area contributed by atoms with Crippen LogP contribution < -0.4 is 5.32 Å². The number of carbonyl (C=O) groups excluding carboxylic acids is 2. The quantitative estimate of drug-likeness (QED) is 0.360. The molecule has 104 valence electrons. The highest BCUT2D eigenvalue weighted by Crippen LogP contribution is 2.06. The van der Waals surface area contributed by atoms with Gasteiger partial charge in [-0.2, -0.15) is 0 Å². The van der Waals surface area contributed by atoms with E-state index in [1.165, 1.54) is 0 Å². The van der Waals surface area contributed by atoms with Crippen molar-refractivity contribution in [1.82, 2.24) is 5.32 Å². The van der Waals surface area contributed by atoms with Gasteiger partial charge in [-0.05, 0) is 26.3 Å². The first kappa shape index (κ1) is 18.4. The maximum atomic E-state index is 11.3. The van der Waals surface area contributed by atoms with Crippen molar-refractivity contribution < 1.29 is 19.1 Å². The van der Waals surface area contributed by atoms with E-state index in [4.69, 9.17) is 10.3 Å². The molecule has 0 aliphatic rings. The van der Waals surface area contributed by atoms with Crippen molar-refractivity contribution in [1.29, 1.82) is 0 Å². The van der Waals surface area contributed by atoms with Gasteiger partial charge in [0.2, 0.25) is 0 Å². The Morgan fingerprint density at radius 1 is 1.44 bits per heavy atom. The second-order valence-electron chi connectivity index (χ2n) is 4.13. The van der Waals surface area contributed by atoms with Crippen molar-refractivity contribution in [2.45, 2.75) is 39.8 Å². The largest absolute Gasteiger partial charge is 0.469 e. The second-order valence-corrected chi connectivity index (χ2v) is 4.13. The van der Waals surface area contributed by atoms with Crippen LogP contribution in [0.5, 0.6) is 0 Å². The number of nitrogens with zero attached hydrogens (tertiary/aromatic N) is 3. The van der Waals surface area contributed by atoms with Crippen LogP contribution in [0.25, 0.3) is 10.4 Å². The predicted molar refractivity (Wildman–Crippen MR) is 65.9 cm³/mol. The summed E-state index contributed by atoms with van der Waals surface area (Å²) in [6.45, 7) is 4.94. The van der Waals surface area contributed by atoms with E-state index in [9.17, 15) is 9.59 Å². The Kier molecular flexibility index (Phi) is 8.38. The summed E-state index contributed by atoms with van der Waals surface area (Å²) in [5, 5.41) is 5.51. The molecule has 0 aliphatic heterocycles. The Labute approximate surface area is 106 Å². The van der Waals surface area contributed by atoms with Crippen LogP contribution in [0.15, 0.2) is 5.11 Å². The van der Waals surface area contributed by atoms with Crippen molar-refractivity contribution in [2.24, 2.45) is 5.11 Å². The fourth-order valence-corrected chi connectivity index (χ4v) is 0.864. The van der Waals surface area contributed by atoms with Gasteiger partial charge in [-0.1, -0.05) is 12.5 Å². The Bertz CT molecular complexity index is 331. The Hall–Kier alpha value is -1.95. The van der Waals surface area contributed by atoms with Gasteiger partial charge in [0.1, 0.15) is 5.60 Å². The third-order valence-corrected chi connectivity index (χ3v) is 1.50. The highest BCUT2D eigenvalue weighted by Gasteiger charge is 2.21. The van der Waals surface area contributed by atoms with Crippen LogP contribution in [-0.4, -0.2) is 37.4 Å². The molecule has 0 bridgehead atoms. The molecule has 18 heavy (non-hydrogen) atoms. The number of alkyl carbamates (subject to hydrolysis) is 1. The maximum absolute atomic E-state index is 11.3. The third kappa shape index (κ3) is 8.23. The topological polar surface area (TPSA) is 113 Å². The average molecular weight is 260 g/mol. The van der Waals surface area contributed by atoms with Gasteiger partial charge in [0.25, 0.3) is 0 Å². The fraction of sp³-hybridized carbons (Fsp3) is 0.800. The van der Waals surface area contributed by atoms with Crippen LogP contribution in [0, 0.1) is 0 Å². The SMILES string of the molecule is C.COC(=O)[C@H](CNC(=O)OC(C)(C)C)N=[N+]=[N-]. The molecule has 0 rings (SSSR count). The van der Waals surface area contributed by atoms with E-state index in [0.29, 0.717) is 0 Å². The number of amides is 1. The predicted octanol–water partition coefficient (Wildman–Crippen LogP) is 2.00. The summed E-state index contributed by atoms with van der Waals surface area (Å²) in [5.41, 5.74) is 7.60. The first-order valence-corrected chi connectivity index (χ1v) is 4.89. The standard InChI is InChI=1S/C9H16N4O4.CH4/c1-9(2,3)17-8(15)11-5-6(12-13-10)7(14)16-4;/h6H,5H2,1-4H3,(H,11,15);1H4/t6-;/m0./s1.